The number of ether oxygens (including phenoxy) is 4. The highest BCUT2D eigenvalue weighted by atomic mass is 16.8. The van der Waals surface area contributed by atoms with Crippen molar-refractivity contribution in [3.05, 3.63) is 95.3 Å². The molecule has 0 saturated carbocycles. The normalized spacial score (nSPS) is 13.6. The van der Waals surface area contributed by atoms with Crippen LogP contribution < -0.4 is 28.3 Å². The van der Waals surface area contributed by atoms with Crippen molar-refractivity contribution >= 4 is 31.2 Å². The molecule has 1 N–H and O–H groups in total. The van der Waals surface area contributed by atoms with Crippen LogP contribution >= 0.6 is 0 Å². The van der Waals surface area contributed by atoms with Gasteiger partial charge in [-0.2, -0.15) is 0 Å². The lowest BCUT2D eigenvalue weighted by molar-refractivity contribution is -0.110. The summed E-state index contributed by atoms with van der Waals surface area (Å²) in [5.41, 5.74) is 1.56. The number of methoxy groups -OCH3 is 2. The van der Waals surface area contributed by atoms with Crippen LogP contribution in [0.1, 0.15) is 101 Å². The quantitative estimate of drug-likeness (QED) is 0.0410. The molecule has 0 bridgehead atoms. The van der Waals surface area contributed by atoms with Crippen molar-refractivity contribution in [2.75, 3.05) is 27.4 Å². The molecule has 1 aliphatic rings. The number of rotatable bonds is 24. The van der Waals surface area contributed by atoms with E-state index in [9.17, 15) is 14.7 Å². The van der Waals surface area contributed by atoms with Gasteiger partial charge in [0.05, 0.1) is 33.0 Å². The van der Waals surface area contributed by atoms with Crippen LogP contribution in [0.3, 0.4) is 0 Å². The van der Waals surface area contributed by atoms with E-state index in [1.807, 2.05) is 36.4 Å². The van der Waals surface area contributed by atoms with E-state index >= 15 is 0 Å². The first-order chi connectivity index (χ1) is 26.7. The molecule has 0 fully saturated rings. The lowest BCUT2D eigenvalue weighted by Crippen LogP contribution is -2.28. The van der Waals surface area contributed by atoms with Crippen LogP contribution in [-0.4, -0.2) is 51.6 Å². The van der Waals surface area contributed by atoms with E-state index in [2.05, 4.69) is 27.7 Å². The molecule has 0 spiro atoms. The summed E-state index contributed by atoms with van der Waals surface area (Å²) in [5.74, 6) is 2.63. The van der Waals surface area contributed by atoms with Gasteiger partial charge in [0, 0.05) is 6.08 Å². The minimum Gasteiger partial charge on any atom is -0.493 e. The molecule has 0 aliphatic carbocycles. The third-order valence-corrected chi connectivity index (χ3v) is 9.44. The topological polar surface area (TPSA) is 119 Å². The number of unbranched alkanes of at least 4 members (excludes halogenated alkanes) is 2. The Kier molecular flexibility index (Phi) is 17.1. The molecule has 0 radical (unpaired) electrons. The zero-order valence-corrected chi connectivity index (χ0v) is 33.0. The molecule has 3 aromatic rings. The molecule has 55 heavy (non-hydrogen) atoms. The van der Waals surface area contributed by atoms with Gasteiger partial charge in [-0.3, -0.25) is 4.79 Å². The van der Waals surface area contributed by atoms with Crippen molar-refractivity contribution in [2.24, 2.45) is 11.8 Å². The largest absolute Gasteiger partial charge is 0.864 e. The summed E-state index contributed by atoms with van der Waals surface area (Å²) in [6, 6.07) is 15.4. The van der Waals surface area contributed by atoms with Crippen molar-refractivity contribution in [1.29, 1.82) is 0 Å². The summed E-state index contributed by atoms with van der Waals surface area (Å²) >= 11 is 0. The maximum atomic E-state index is 13.3. The second kappa shape index (κ2) is 22.2. The summed E-state index contributed by atoms with van der Waals surface area (Å²) in [4.78, 5) is 24.8. The molecule has 11 heteroatoms. The van der Waals surface area contributed by atoms with Gasteiger partial charge in [0.2, 0.25) is 0 Å². The van der Waals surface area contributed by atoms with E-state index in [1.165, 1.54) is 43.2 Å². The Bertz CT molecular complexity index is 1800. The van der Waals surface area contributed by atoms with Crippen LogP contribution in [0.4, 0.5) is 0 Å². The van der Waals surface area contributed by atoms with Crippen molar-refractivity contribution in [2.45, 2.75) is 79.1 Å². The monoisotopic (exact) mass is 754 g/mol. The number of carbonyl (C=O) groups excluding carboxylic acids is 1. The van der Waals surface area contributed by atoms with Gasteiger partial charge in [-0.25, -0.2) is 4.79 Å². The van der Waals surface area contributed by atoms with Crippen molar-refractivity contribution in [1.82, 2.24) is 0 Å². The Morgan fingerprint density at radius 3 is 1.76 bits per heavy atom. The highest BCUT2D eigenvalue weighted by Gasteiger charge is 2.38. The first-order valence-electron chi connectivity index (χ1n) is 19.3. The van der Waals surface area contributed by atoms with Crippen molar-refractivity contribution in [3.63, 3.8) is 0 Å². The number of benzene rings is 3. The minimum atomic E-state index is -1.26. The molecule has 0 saturated heterocycles. The van der Waals surface area contributed by atoms with E-state index in [4.69, 9.17) is 32.9 Å². The van der Waals surface area contributed by atoms with Gasteiger partial charge in [-0.05, 0) is 90.4 Å². The van der Waals surface area contributed by atoms with E-state index in [-0.39, 0.29) is 22.9 Å². The highest BCUT2D eigenvalue weighted by Crippen LogP contribution is 2.36. The Morgan fingerprint density at radius 1 is 0.709 bits per heavy atom. The third kappa shape index (κ3) is 13.2. The second-order valence-corrected chi connectivity index (χ2v) is 13.5. The highest BCUT2D eigenvalue weighted by molar-refractivity contribution is 6.40. The molecular formula is C44H55BO10. The Hall–Kier alpha value is -5.32. The number of aromatic carboxylic acids is 1. The maximum absolute atomic E-state index is 13.3. The number of hydrogen-bond donors (Lipinski definition) is 1. The molecule has 0 amide bonds. The summed E-state index contributed by atoms with van der Waals surface area (Å²) < 4.78 is 41.0. The third-order valence-electron chi connectivity index (χ3n) is 9.44. The van der Waals surface area contributed by atoms with Crippen molar-refractivity contribution < 1.29 is 47.6 Å². The first kappa shape index (κ1) is 42.4. The minimum absolute atomic E-state index is 0.0416. The Balaban J connectivity index is 1.52. The van der Waals surface area contributed by atoms with Crippen molar-refractivity contribution in [3.8, 4) is 34.5 Å². The Morgan fingerprint density at radius 2 is 1.25 bits per heavy atom. The molecule has 2 unspecified atom stereocenters. The molecule has 4 rings (SSSR count). The second-order valence-electron chi connectivity index (χ2n) is 13.5. The number of allylic oxidation sites excluding steroid dienone is 3. The average Bonchev–Trinajstić information content (AvgIpc) is 3.61. The van der Waals surface area contributed by atoms with Gasteiger partial charge >= 0.3 is 13.3 Å². The van der Waals surface area contributed by atoms with Crippen LogP contribution in [0.25, 0.3) is 12.2 Å². The van der Waals surface area contributed by atoms with Crippen LogP contribution in [0.2, 0.25) is 0 Å². The van der Waals surface area contributed by atoms with E-state index in [0.717, 1.165) is 49.7 Å². The number of carboxylic acid groups (broad SMARTS) is 1. The van der Waals surface area contributed by atoms with Crippen LogP contribution in [-0.2, 0) is 9.45 Å². The fourth-order valence-electron chi connectivity index (χ4n) is 5.91. The Labute approximate surface area is 326 Å². The van der Waals surface area contributed by atoms with Gasteiger partial charge in [0.25, 0.3) is 0 Å². The van der Waals surface area contributed by atoms with E-state index in [0.29, 0.717) is 53.8 Å². The van der Waals surface area contributed by atoms with Gasteiger partial charge in [-0.15, -0.1) is 0 Å². The SMILES string of the molecule is CCCCC(CC)COc1ccc(/C=C/C(=O)/C=C(/C=C/c2ccc(OCC(CC)CCCC)c(OC)c2)OB2Oc3ccc(C(=O)O)cc3O2)cc1OC. The van der Waals surface area contributed by atoms with Crippen LogP contribution in [0.5, 0.6) is 34.5 Å². The lowest BCUT2D eigenvalue weighted by atomic mass is 10.0. The van der Waals surface area contributed by atoms with Crippen LogP contribution in [0.15, 0.2) is 78.6 Å². The molecule has 0 aromatic heterocycles. The summed E-state index contributed by atoms with van der Waals surface area (Å²) in [6.07, 6.45) is 16.8. The summed E-state index contributed by atoms with van der Waals surface area (Å²) in [7, 11) is 1.93. The molecule has 1 aliphatic heterocycles. The van der Waals surface area contributed by atoms with Gasteiger partial charge in [-0.1, -0.05) is 90.5 Å². The standard InChI is InChI=1S/C44H55BO10/c1-7-11-13-31(9-3)29-51-38-22-17-33(25-41(38)49-5)15-20-36(46)28-37(53-45-54-40-24-19-35(44(47)48)27-43(40)55-45)21-16-34-18-23-39(42(26-34)50-6)52-30-32(10-4)14-12-8-2/h15-28,31-32H,7-14,29-30H2,1-6H3,(H,47,48)/b20-15+,21-16+,37-28-. The molecule has 10 nitrogen and oxygen atoms in total. The lowest BCUT2D eigenvalue weighted by Gasteiger charge is -2.17. The van der Waals surface area contributed by atoms with E-state index < -0.39 is 13.3 Å². The zero-order chi connectivity index (χ0) is 39.6. The maximum Gasteiger partial charge on any atom is 0.864 e. The molecule has 294 valence electrons. The van der Waals surface area contributed by atoms with Gasteiger partial charge in [0.15, 0.2) is 28.8 Å². The number of ketones is 1. The number of fused-ring (bicyclic) bond motifs is 1. The predicted molar refractivity (Wildman–Crippen MR) is 216 cm³/mol. The average molecular weight is 755 g/mol. The molecular weight excluding hydrogens is 699 g/mol. The molecule has 2 atom stereocenters. The van der Waals surface area contributed by atoms with Gasteiger partial charge < -0.3 is 38.0 Å². The molecule has 1 heterocycles. The number of carbonyl (C=O) groups is 2. The zero-order valence-electron chi connectivity index (χ0n) is 33.0. The fraction of sp³-hybridized carbons (Fsp3) is 0.409. The predicted octanol–water partition coefficient (Wildman–Crippen LogP) is 10.2. The smallest absolute Gasteiger partial charge is 0.493 e. The van der Waals surface area contributed by atoms with Gasteiger partial charge in [0.1, 0.15) is 17.3 Å². The summed E-state index contributed by atoms with van der Waals surface area (Å²) in [6.45, 7) is 9.96. The summed E-state index contributed by atoms with van der Waals surface area (Å²) in [5, 5.41) is 9.39. The number of carboxylic acids is 1. The van der Waals surface area contributed by atoms with Crippen LogP contribution in [0, 0.1) is 11.8 Å². The first-order valence-corrected chi connectivity index (χ1v) is 19.3. The number of hydrogen-bond acceptors (Lipinski definition) is 9. The molecule has 3 aromatic carbocycles. The van der Waals surface area contributed by atoms with E-state index in [1.54, 1.807) is 32.4 Å². The fourth-order valence-corrected chi connectivity index (χ4v) is 5.91.